The Morgan fingerprint density at radius 3 is 3.05 bits per heavy atom. The average Bonchev–Trinajstić information content (AvgIpc) is 3.10. The molecule has 1 unspecified atom stereocenters. The van der Waals surface area contributed by atoms with Gasteiger partial charge in [-0.2, -0.15) is 0 Å². The highest BCUT2D eigenvalue weighted by Gasteiger charge is 2.33. The second-order valence-corrected chi connectivity index (χ2v) is 7.56. The van der Waals surface area contributed by atoms with Gasteiger partial charge in [-0.1, -0.05) is 26.0 Å². The van der Waals surface area contributed by atoms with Crippen molar-refractivity contribution in [3.8, 4) is 0 Å². The van der Waals surface area contributed by atoms with Crippen molar-refractivity contribution in [2.75, 3.05) is 19.6 Å². The molecule has 4 nitrogen and oxygen atoms in total. The normalized spacial score (nSPS) is 21.6. The van der Waals surface area contributed by atoms with E-state index in [1.165, 1.54) is 21.0 Å². The number of nitrogens with one attached hydrogen (secondary N) is 2. The molecule has 2 heterocycles. The standard InChI is InChI=1S/C17H23N3OS/c1-12(2)10-18-16(21)11-20-9-5-7-14(20)17-19-13-6-3-4-8-15(13)22-17/h3-4,6,8,12,14H,5,7,9-11H2,1-2H3,(H,18,21)/p+1/t14-/m1/s1. The summed E-state index contributed by atoms with van der Waals surface area (Å²) in [4.78, 5) is 18.3. The van der Waals surface area contributed by atoms with Gasteiger partial charge in [-0.25, -0.2) is 4.98 Å². The maximum absolute atomic E-state index is 12.1. The Bertz CT molecular complexity index is 619. The second kappa shape index (κ2) is 6.75. The fraction of sp³-hybridized carbons (Fsp3) is 0.529. The number of quaternary nitrogens is 1. The number of carbonyl (C=O) groups is 1. The largest absolute Gasteiger partial charge is 0.351 e. The number of nitrogens with zero attached hydrogens (tertiary/aromatic N) is 1. The Hall–Kier alpha value is -1.46. The molecule has 3 rings (SSSR count). The first-order valence-corrected chi connectivity index (χ1v) is 8.92. The van der Waals surface area contributed by atoms with E-state index in [-0.39, 0.29) is 5.91 Å². The third kappa shape index (κ3) is 3.47. The minimum absolute atomic E-state index is 0.164. The summed E-state index contributed by atoms with van der Waals surface area (Å²) in [7, 11) is 0. The van der Waals surface area contributed by atoms with E-state index in [0.29, 0.717) is 18.5 Å². The molecule has 22 heavy (non-hydrogen) atoms. The molecule has 0 bridgehead atoms. The molecule has 1 aromatic heterocycles. The van der Waals surface area contributed by atoms with E-state index in [4.69, 9.17) is 4.98 Å². The number of carbonyl (C=O) groups excluding carboxylic acids is 1. The topological polar surface area (TPSA) is 46.4 Å². The van der Waals surface area contributed by atoms with Gasteiger partial charge in [-0.05, 0) is 18.1 Å². The van der Waals surface area contributed by atoms with Gasteiger partial charge in [-0.3, -0.25) is 4.79 Å². The summed E-state index contributed by atoms with van der Waals surface area (Å²) in [6.45, 7) is 6.63. The Labute approximate surface area is 135 Å². The molecule has 1 fully saturated rings. The lowest BCUT2D eigenvalue weighted by molar-refractivity contribution is -0.910. The molecule has 1 saturated heterocycles. The van der Waals surface area contributed by atoms with E-state index in [0.717, 1.165) is 25.0 Å². The smallest absolute Gasteiger partial charge is 0.275 e. The molecule has 2 N–H and O–H groups in total. The first-order chi connectivity index (χ1) is 10.6. The zero-order chi connectivity index (χ0) is 15.5. The fourth-order valence-electron chi connectivity index (χ4n) is 3.05. The van der Waals surface area contributed by atoms with E-state index in [9.17, 15) is 4.79 Å². The molecule has 1 aromatic carbocycles. The third-order valence-corrected chi connectivity index (χ3v) is 5.34. The van der Waals surface area contributed by atoms with Crippen LogP contribution < -0.4 is 10.2 Å². The average molecular weight is 318 g/mol. The number of fused-ring (bicyclic) bond motifs is 1. The number of hydrogen-bond acceptors (Lipinski definition) is 3. The first kappa shape index (κ1) is 15.4. The minimum atomic E-state index is 0.164. The molecule has 5 heteroatoms. The summed E-state index contributed by atoms with van der Waals surface area (Å²) in [5.41, 5.74) is 1.08. The van der Waals surface area contributed by atoms with Crippen LogP contribution in [0.4, 0.5) is 0 Å². The van der Waals surface area contributed by atoms with Gasteiger partial charge < -0.3 is 10.2 Å². The summed E-state index contributed by atoms with van der Waals surface area (Å²) >= 11 is 1.78. The van der Waals surface area contributed by atoms with Crippen molar-refractivity contribution in [1.82, 2.24) is 10.3 Å². The zero-order valence-electron chi connectivity index (χ0n) is 13.3. The van der Waals surface area contributed by atoms with Crippen molar-refractivity contribution in [1.29, 1.82) is 0 Å². The summed E-state index contributed by atoms with van der Waals surface area (Å²) in [6.07, 6.45) is 2.31. The number of rotatable bonds is 5. The molecular weight excluding hydrogens is 294 g/mol. The molecule has 0 saturated carbocycles. The van der Waals surface area contributed by atoms with Crippen LogP contribution in [0, 0.1) is 5.92 Å². The predicted octanol–water partition coefficient (Wildman–Crippen LogP) is 1.79. The number of amides is 1. The molecule has 2 aromatic rings. The van der Waals surface area contributed by atoms with Crippen LogP contribution in [-0.4, -0.2) is 30.5 Å². The molecule has 118 valence electrons. The molecule has 2 atom stereocenters. The van der Waals surface area contributed by atoms with Gasteiger partial charge in [0.25, 0.3) is 5.91 Å². The Balaban J connectivity index is 1.68. The summed E-state index contributed by atoms with van der Waals surface area (Å²) < 4.78 is 1.24. The Kier molecular flexibility index (Phi) is 4.74. The fourth-order valence-corrected chi connectivity index (χ4v) is 4.21. The van der Waals surface area contributed by atoms with Crippen molar-refractivity contribution in [2.24, 2.45) is 5.92 Å². The summed E-state index contributed by atoms with van der Waals surface area (Å²) in [6, 6.07) is 8.66. The molecule has 1 aliphatic rings. The third-order valence-electron chi connectivity index (χ3n) is 4.19. The van der Waals surface area contributed by atoms with E-state index >= 15 is 0 Å². The van der Waals surface area contributed by atoms with Crippen LogP contribution in [0.5, 0.6) is 0 Å². The van der Waals surface area contributed by atoms with Crippen molar-refractivity contribution in [3.63, 3.8) is 0 Å². The Morgan fingerprint density at radius 2 is 2.27 bits per heavy atom. The van der Waals surface area contributed by atoms with Crippen LogP contribution in [0.15, 0.2) is 24.3 Å². The number of para-hydroxylation sites is 1. The maximum atomic E-state index is 12.1. The molecule has 0 radical (unpaired) electrons. The quantitative estimate of drug-likeness (QED) is 0.883. The van der Waals surface area contributed by atoms with Crippen LogP contribution in [0.1, 0.15) is 37.7 Å². The highest BCUT2D eigenvalue weighted by atomic mass is 32.1. The van der Waals surface area contributed by atoms with Crippen molar-refractivity contribution >= 4 is 27.5 Å². The maximum Gasteiger partial charge on any atom is 0.275 e. The number of likely N-dealkylation sites (tertiary alicyclic amines) is 1. The van der Waals surface area contributed by atoms with E-state index in [1.54, 1.807) is 11.3 Å². The van der Waals surface area contributed by atoms with Gasteiger partial charge in [0, 0.05) is 19.4 Å². The van der Waals surface area contributed by atoms with E-state index in [2.05, 4.69) is 37.4 Å². The predicted molar refractivity (Wildman–Crippen MR) is 90.1 cm³/mol. The Morgan fingerprint density at radius 1 is 1.45 bits per heavy atom. The van der Waals surface area contributed by atoms with Crippen LogP contribution >= 0.6 is 11.3 Å². The van der Waals surface area contributed by atoms with Gasteiger partial charge in [0.15, 0.2) is 11.6 Å². The van der Waals surface area contributed by atoms with Crippen LogP contribution in [0.3, 0.4) is 0 Å². The molecule has 1 aliphatic heterocycles. The number of thiazole rings is 1. The minimum Gasteiger partial charge on any atom is -0.351 e. The van der Waals surface area contributed by atoms with Gasteiger partial charge >= 0.3 is 0 Å². The highest BCUT2D eigenvalue weighted by Crippen LogP contribution is 2.28. The van der Waals surface area contributed by atoms with Gasteiger partial charge in [0.2, 0.25) is 0 Å². The molecule has 0 spiro atoms. The van der Waals surface area contributed by atoms with Gasteiger partial charge in [0.05, 0.1) is 16.8 Å². The summed E-state index contributed by atoms with van der Waals surface area (Å²) in [5, 5.41) is 4.22. The van der Waals surface area contributed by atoms with E-state index in [1.807, 2.05) is 6.07 Å². The SMILES string of the molecule is CC(C)CNC(=O)C[NH+]1CCC[C@@H]1c1nc2ccccc2s1. The number of aromatic nitrogens is 1. The van der Waals surface area contributed by atoms with Crippen molar-refractivity contribution in [3.05, 3.63) is 29.3 Å². The van der Waals surface area contributed by atoms with Gasteiger partial charge in [-0.15, -0.1) is 11.3 Å². The van der Waals surface area contributed by atoms with Crippen LogP contribution in [0.2, 0.25) is 0 Å². The molecule has 0 aliphatic carbocycles. The van der Waals surface area contributed by atoms with E-state index < -0.39 is 0 Å². The number of benzene rings is 1. The second-order valence-electron chi connectivity index (χ2n) is 6.50. The molecule has 1 amide bonds. The number of hydrogen-bond donors (Lipinski definition) is 2. The lowest BCUT2D eigenvalue weighted by atomic mass is 10.2. The molecular formula is C17H24N3OS+. The lowest BCUT2D eigenvalue weighted by Crippen LogP contribution is -3.11. The highest BCUT2D eigenvalue weighted by molar-refractivity contribution is 7.18. The van der Waals surface area contributed by atoms with Gasteiger partial charge in [0.1, 0.15) is 6.04 Å². The zero-order valence-corrected chi connectivity index (χ0v) is 14.1. The van der Waals surface area contributed by atoms with Crippen LogP contribution in [0.25, 0.3) is 10.2 Å². The van der Waals surface area contributed by atoms with Crippen molar-refractivity contribution in [2.45, 2.75) is 32.7 Å². The van der Waals surface area contributed by atoms with Crippen LogP contribution in [-0.2, 0) is 4.79 Å². The van der Waals surface area contributed by atoms with Crippen molar-refractivity contribution < 1.29 is 9.69 Å². The lowest BCUT2D eigenvalue weighted by Gasteiger charge is -2.19. The first-order valence-electron chi connectivity index (χ1n) is 8.10. The summed E-state index contributed by atoms with van der Waals surface area (Å²) in [5.74, 6) is 0.661. The monoisotopic (exact) mass is 318 g/mol.